The number of aromatic nitrogens is 5. The number of nitrogens with zero attached hydrogens (tertiary/aromatic N) is 7. The number of carbonyl (C=O) groups excluding carboxylic acids is 1. The van der Waals surface area contributed by atoms with Crippen molar-refractivity contribution >= 4 is 45.2 Å². The lowest BCUT2D eigenvalue weighted by atomic mass is 9.88. The summed E-state index contributed by atoms with van der Waals surface area (Å²) in [5.74, 6) is 0.260. The number of halogens is 3. The Morgan fingerprint density at radius 2 is 1.88 bits per heavy atom. The second kappa shape index (κ2) is 12.0. The van der Waals surface area contributed by atoms with Gasteiger partial charge in [-0.3, -0.25) is 19.9 Å². The number of benzene rings is 2. The van der Waals surface area contributed by atoms with Crippen molar-refractivity contribution in [2.45, 2.75) is 101 Å². The fourth-order valence-corrected chi connectivity index (χ4v) is 11.1. The normalized spacial score (nSPS) is 26.0. The van der Waals surface area contributed by atoms with Gasteiger partial charge in [0.15, 0.2) is 0 Å². The standard InChI is InChI=1S/C42H43ClF2N8O3/c1-40(2,3)56-39(54)53-24-6-7-25(53)20-51(19-24)37-32-26-9-13-46-35(31-27-17-47-50-29(27)15-22-5-8-28(45)34(43)30(22)31)33(26)42(11-12-42)36(32)48-38(49-37)55-21-41-10-4-14-52(41)18-23(44)16-41/h5,8-9,13,15,17,23-25H,4,6-7,10-12,14,16,18-21H2,1-3H3,(H,47,50)/t23-,24-,25+,41+/m1/s1. The molecule has 4 saturated heterocycles. The minimum Gasteiger partial charge on any atom is -0.461 e. The maximum absolute atomic E-state index is 15.3. The first-order chi connectivity index (χ1) is 26.9. The van der Waals surface area contributed by atoms with Gasteiger partial charge in [0.25, 0.3) is 0 Å². The summed E-state index contributed by atoms with van der Waals surface area (Å²) in [6.07, 6.45) is 8.14. The monoisotopic (exact) mass is 780 g/mol. The van der Waals surface area contributed by atoms with E-state index in [0.717, 1.165) is 95.1 Å². The van der Waals surface area contributed by atoms with Gasteiger partial charge in [0.05, 0.1) is 45.7 Å². The number of aromatic amines is 1. The van der Waals surface area contributed by atoms with E-state index in [1.807, 2.05) is 37.8 Å². The molecule has 1 spiro atoms. The van der Waals surface area contributed by atoms with Gasteiger partial charge in [0.1, 0.15) is 30.0 Å². The van der Waals surface area contributed by atoms with Crippen molar-refractivity contribution in [3.8, 4) is 28.4 Å². The Morgan fingerprint density at radius 1 is 1.07 bits per heavy atom. The average molecular weight is 781 g/mol. The van der Waals surface area contributed by atoms with Crippen LogP contribution in [-0.4, -0.2) is 103 Å². The highest BCUT2D eigenvalue weighted by molar-refractivity contribution is 6.38. The van der Waals surface area contributed by atoms with Crippen LogP contribution in [0.25, 0.3) is 44.1 Å². The highest BCUT2D eigenvalue weighted by atomic mass is 35.5. The molecule has 4 aliphatic heterocycles. The molecule has 0 radical (unpaired) electrons. The van der Waals surface area contributed by atoms with Crippen molar-refractivity contribution in [2.75, 3.05) is 37.7 Å². The number of hydrogen-bond donors (Lipinski definition) is 1. The predicted octanol–water partition coefficient (Wildman–Crippen LogP) is 7.96. The SMILES string of the molecule is CC(C)(C)OC(=O)N1[C@@H]2CC[C@H]1CN(c1nc(OC[C@@]34CCCN3C[C@H](F)C4)nc3c1-c1ccnc(-c4c5cn[nH]c5cc5ccc(F)c(Cl)c45)c1C31CC1)C2. The number of alkyl halides is 1. The van der Waals surface area contributed by atoms with Crippen LogP contribution in [0.1, 0.15) is 77.0 Å². The first-order valence-electron chi connectivity index (χ1n) is 19.9. The lowest BCUT2D eigenvalue weighted by Crippen LogP contribution is -2.57. The Balaban J connectivity index is 1.07. The van der Waals surface area contributed by atoms with Gasteiger partial charge in [-0.25, -0.2) is 13.6 Å². The van der Waals surface area contributed by atoms with Crippen LogP contribution in [0, 0.1) is 5.82 Å². The van der Waals surface area contributed by atoms with Crippen LogP contribution in [0.15, 0.2) is 36.7 Å². The Kier molecular flexibility index (Phi) is 7.39. The zero-order valence-corrected chi connectivity index (χ0v) is 32.4. The molecule has 0 unspecified atom stereocenters. The quantitative estimate of drug-likeness (QED) is 0.190. The Labute approximate surface area is 327 Å². The fourth-order valence-electron chi connectivity index (χ4n) is 10.8. The molecule has 1 saturated carbocycles. The largest absolute Gasteiger partial charge is 0.461 e. The maximum atomic E-state index is 15.3. The predicted molar refractivity (Wildman–Crippen MR) is 208 cm³/mol. The summed E-state index contributed by atoms with van der Waals surface area (Å²) in [7, 11) is 0. The van der Waals surface area contributed by atoms with E-state index in [0.29, 0.717) is 43.7 Å². The smallest absolute Gasteiger partial charge is 0.410 e. The Morgan fingerprint density at radius 3 is 2.64 bits per heavy atom. The minimum atomic E-state index is -0.875. The molecule has 6 aliphatic rings. The van der Waals surface area contributed by atoms with Crippen LogP contribution in [0.5, 0.6) is 6.01 Å². The number of pyridine rings is 1. The fraction of sp³-hybridized carbons (Fsp3) is 0.500. The molecule has 2 aliphatic carbocycles. The minimum absolute atomic E-state index is 0.0395. The van der Waals surface area contributed by atoms with E-state index < -0.39 is 23.0 Å². The number of fused-ring (bicyclic) bond motifs is 10. The first kappa shape index (κ1) is 34.6. The number of piperazine rings is 1. The van der Waals surface area contributed by atoms with Crippen LogP contribution >= 0.6 is 11.6 Å². The van der Waals surface area contributed by atoms with Gasteiger partial charge < -0.3 is 14.4 Å². The zero-order chi connectivity index (χ0) is 38.3. The van der Waals surface area contributed by atoms with E-state index >= 15 is 4.39 Å². The van der Waals surface area contributed by atoms with Gasteiger partial charge in [0.2, 0.25) is 0 Å². The summed E-state index contributed by atoms with van der Waals surface area (Å²) in [5, 5.41) is 9.68. The third kappa shape index (κ3) is 5.04. The third-order valence-electron chi connectivity index (χ3n) is 13.2. The van der Waals surface area contributed by atoms with Gasteiger partial charge in [-0.2, -0.15) is 15.1 Å². The highest BCUT2D eigenvalue weighted by Gasteiger charge is 2.58. The molecule has 1 amide bonds. The van der Waals surface area contributed by atoms with E-state index in [1.165, 1.54) is 6.07 Å². The number of ether oxygens (including phenoxy) is 2. The van der Waals surface area contributed by atoms with Crippen LogP contribution in [0.3, 0.4) is 0 Å². The van der Waals surface area contributed by atoms with Gasteiger partial charge in [-0.15, -0.1) is 0 Å². The van der Waals surface area contributed by atoms with E-state index in [-0.39, 0.29) is 34.7 Å². The molecule has 5 aromatic rings. The molecule has 3 aromatic heterocycles. The molecule has 5 fully saturated rings. The second-order valence-electron chi connectivity index (χ2n) is 17.8. The third-order valence-corrected chi connectivity index (χ3v) is 13.6. The summed E-state index contributed by atoms with van der Waals surface area (Å²) < 4.78 is 42.6. The molecular weight excluding hydrogens is 738 g/mol. The summed E-state index contributed by atoms with van der Waals surface area (Å²) >= 11 is 6.82. The number of hydrogen-bond acceptors (Lipinski definition) is 9. The molecule has 14 heteroatoms. The van der Waals surface area contributed by atoms with Gasteiger partial charge in [0, 0.05) is 59.6 Å². The molecule has 1 N–H and O–H groups in total. The molecule has 11 rings (SSSR count). The number of carbonyl (C=O) groups is 1. The van der Waals surface area contributed by atoms with Crippen LogP contribution in [-0.2, 0) is 10.2 Å². The van der Waals surface area contributed by atoms with Gasteiger partial charge in [-0.1, -0.05) is 17.7 Å². The van der Waals surface area contributed by atoms with Crippen molar-refractivity contribution < 1.29 is 23.0 Å². The number of anilines is 1. The van der Waals surface area contributed by atoms with E-state index in [4.69, 9.17) is 36.0 Å². The van der Waals surface area contributed by atoms with Crippen LogP contribution in [0.2, 0.25) is 5.02 Å². The zero-order valence-electron chi connectivity index (χ0n) is 31.7. The summed E-state index contributed by atoms with van der Waals surface area (Å²) in [5.41, 5.74) is 4.62. The molecule has 11 nitrogen and oxygen atoms in total. The van der Waals surface area contributed by atoms with Crippen molar-refractivity contribution in [3.05, 3.63) is 58.8 Å². The first-order valence-corrected chi connectivity index (χ1v) is 20.3. The molecule has 290 valence electrons. The summed E-state index contributed by atoms with van der Waals surface area (Å²) in [6.45, 7) is 8.46. The average Bonchev–Trinajstić information content (AvgIpc) is 3.39. The maximum Gasteiger partial charge on any atom is 0.410 e. The molecule has 4 atom stereocenters. The number of H-pyrrole nitrogens is 1. The summed E-state index contributed by atoms with van der Waals surface area (Å²) in [4.78, 5) is 35.5. The highest BCUT2D eigenvalue weighted by Crippen LogP contribution is 2.66. The van der Waals surface area contributed by atoms with E-state index in [2.05, 4.69) is 20.0 Å². The molecule has 7 heterocycles. The van der Waals surface area contributed by atoms with E-state index in [9.17, 15) is 9.18 Å². The van der Waals surface area contributed by atoms with Gasteiger partial charge in [-0.05, 0) is 101 Å². The Bertz CT molecular complexity index is 2470. The van der Waals surface area contributed by atoms with E-state index in [1.54, 1.807) is 18.5 Å². The summed E-state index contributed by atoms with van der Waals surface area (Å²) in [6, 6.07) is 7.30. The van der Waals surface area contributed by atoms with Crippen LogP contribution in [0.4, 0.5) is 19.4 Å². The Hall–Kier alpha value is -4.62. The molecule has 2 aromatic carbocycles. The van der Waals surface area contributed by atoms with Crippen molar-refractivity contribution in [3.63, 3.8) is 0 Å². The molecular formula is C42H43ClF2N8O3. The van der Waals surface area contributed by atoms with Crippen molar-refractivity contribution in [1.29, 1.82) is 0 Å². The van der Waals surface area contributed by atoms with Crippen molar-refractivity contribution in [2.24, 2.45) is 0 Å². The molecule has 56 heavy (non-hydrogen) atoms. The second-order valence-corrected chi connectivity index (χ2v) is 18.2. The lowest BCUT2D eigenvalue weighted by Gasteiger charge is -2.42. The number of nitrogens with one attached hydrogen (secondary N) is 1. The van der Waals surface area contributed by atoms with Gasteiger partial charge >= 0.3 is 12.1 Å². The van der Waals surface area contributed by atoms with Crippen LogP contribution < -0.4 is 9.64 Å². The molecule has 2 bridgehead atoms. The lowest BCUT2D eigenvalue weighted by molar-refractivity contribution is 0.0122. The van der Waals surface area contributed by atoms with Crippen molar-refractivity contribution in [1.82, 2.24) is 34.9 Å². The number of amides is 1. The topological polar surface area (TPSA) is 113 Å². The number of rotatable bonds is 5.